The lowest BCUT2D eigenvalue weighted by molar-refractivity contribution is 0.940. The van der Waals surface area contributed by atoms with E-state index in [2.05, 4.69) is 69.4 Å². The average molecular weight is 262 g/mol. The van der Waals surface area contributed by atoms with Crippen LogP contribution in [0.4, 0.5) is 0 Å². The first-order chi connectivity index (χ1) is 9.70. The third-order valence-electron chi connectivity index (χ3n) is 4.23. The lowest BCUT2D eigenvalue weighted by Gasteiger charge is -2.11. The van der Waals surface area contributed by atoms with Gasteiger partial charge in [-0.1, -0.05) is 62.4 Å². The van der Waals surface area contributed by atoms with Crippen LogP contribution in [-0.2, 0) is 6.42 Å². The van der Waals surface area contributed by atoms with Gasteiger partial charge in [-0.25, -0.2) is 0 Å². The van der Waals surface area contributed by atoms with Gasteiger partial charge in [0.15, 0.2) is 0 Å². The van der Waals surface area contributed by atoms with Crippen LogP contribution in [0.5, 0.6) is 0 Å². The van der Waals surface area contributed by atoms with Crippen molar-refractivity contribution in [2.24, 2.45) is 5.92 Å². The summed E-state index contributed by atoms with van der Waals surface area (Å²) in [7, 11) is 0. The molecule has 2 aliphatic rings. The summed E-state index contributed by atoms with van der Waals surface area (Å²) >= 11 is 0. The molecule has 0 fully saturated rings. The Labute approximate surface area is 122 Å². The molecular formula is C20H22. The van der Waals surface area contributed by atoms with E-state index in [0.29, 0.717) is 5.92 Å². The van der Waals surface area contributed by atoms with Crippen molar-refractivity contribution in [3.63, 3.8) is 0 Å². The van der Waals surface area contributed by atoms with E-state index in [-0.39, 0.29) is 0 Å². The van der Waals surface area contributed by atoms with Gasteiger partial charge in [0, 0.05) is 0 Å². The molecule has 0 N–H and O–H groups in total. The second-order valence-electron chi connectivity index (χ2n) is 5.83. The standard InChI is InChI=1S/C20H22/c1-4-5-6-18-15(3)9-11-17-13-16-10-7-14(2)8-12-19(16)20(17)18/h5-12,14H,4,13H2,1-3H3/b6-5-. The fourth-order valence-electron chi connectivity index (χ4n) is 3.06. The van der Waals surface area contributed by atoms with E-state index in [4.69, 9.17) is 0 Å². The molecule has 0 saturated carbocycles. The van der Waals surface area contributed by atoms with Crippen molar-refractivity contribution in [1.82, 2.24) is 0 Å². The molecule has 1 aromatic carbocycles. The molecule has 1 aromatic rings. The highest BCUT2D eigenvalue weighted by Gasteiger charge is 2.22. The molecule has 0 amide bonds. The average Bonchev–Trinajstić information content (AvgIpc) is 2.70. The van der Waals surface area contributed by atoms with Gasteiger partial charge in [-0.2, -0.15) is 0 Å². The number of rotatable bonds is 2. The predicted octanol–water partition coefficient (Wildman–Crippen LogP) is 5.49. The van der Waals surface area contributed by atoms with Crippen LogP contribution < -0.4 is 0 Å². The van der Waals surface area contributed by atoms with Gasteiger partial charge in [0.2, 0.25) is 0 Å². The van der Waals surface area contributed by atoms with E-state index in [9.17, 15) is 0 Å². The molecule has 0 heteroatoms. The summed E-state index contributed by atoms with van der Waals surface area (Å²) < 4.78 is 0. The number of hydrogen-bond donors (Lipinski definition) is 0. The van der Waals surface area contributed by atoms with E-state index >= 15 is 0 Å². The van der Waals surface area contributed by atoms with Crippen molar-refractivity contribution in [2.75, 3.05) is 0 Å². The van der Waals surface area contributed by atoms with Crippen molar-refractivity contribution in [3.05, 3.63) is 70.3 Å². The lowest BCUT2D eigenvalue weighted by atomic mass is 9.93. The van der Waals surface area contributed by atoms with Gasteiger partial charge in [-0.15, -0.1) is 0 Å². The zero-order valence-electron chi connectivity index (χ0n) is 12.6. The highest BCUT2D eigenvalue weighted by atomic mass is 14.3. The van der Waals surface area contributed by atoms with Crippen molar-refractivity contribution in [2.45, 2.75) is 33.6 Å². The Hall–Kier alpha value is -1.82. The van der Waals surface area contributed by atoms with Gasteiger partial charge in [0.25, 0.3) is 0 Å². The topological polar surface area (TPSA) is 0 Å². The summed E-state index contributed by atoms with van der Waals surface area (Å²) in [6.45, 7) is 6.65. The number of aryl methyl sites for hydroxylation is 1. The molecule has 2 aliphatic carbocycles. The third kappa shape index (κ3) is 2.20. The number of benzene rings is 1. The van der Waals surface area contributed by atoms with E-state index in [0.717, 1.165) is 12.8 Å². The van der Waals surface area contributed by atoms with Crippen LogP contribution in [0.15, 0.2) is 48.1 Å². The van der Waals surface area contributed by atoms with Crippen LogP contribution >= 0.6 is 0 Å². The largest absolute Gasteiger partial charge is 0.0842 e. The van der Waals surface area contributed by atoms with Gasteiger partial charge in [-0.3, -0.25) is 0 Å². The molecule has 0 aromatic heterocycles. The van der Waals surface area contributed by atoms with Crippen LogP contribution in [0.1, 0.15) is 42.5 Å². The first-order valence-corrected chi connectivity index (χ1v) is 7.59. The summed E-state index contributed by atoms with van der Waals surface area (Å²) in [6.07, 6.45) is 16.0. The second kappa shape index (κ2) is 5.28. The minimum atomic E-state index is 0.531. The van der Waals surface area contributed by atoms with E-state index in [1.165, 1.54) is 33.4 Å². The smallest absolute Gasteiger partial charge is 0.00133 e. The molecule has 0 nitrogen and oxygen atoms in total. The fourth-order valence-corrected chi connectivity index (χ4v) is 3.06. The Kier molecular flexibility index (Phi) is 3.48. The quantitative estimate of drug-likeness (QED) is 0.661. The molecule has 0 aliphatic heterocycles. The first kappa shape index (κ1) is 13.2. The molecule has 1 unspecified atom stereocenters. The van der Waals surface area contributed by atoms with Crippen molar-refractivity contribution in [1.29, 1.82) is 0 Å². The fraction of sp³-hybridized carbons (Fsp3) is 0.300. The maximum atomic E-state index is 2.33. The number of hydrogen-bond acceptors (Lipinski definition) is 0. The second-order valence-corrected chi connectivity index (χ2v) is 5.83. The molecule has 0 radical (unpaired) electrons. The summed E-state index contributed by atoms with van der Waals surface area (Å²) in [5, 5.41) is 0. The van der Waals surface area contributed by atoms with Crippen LogP contribution in [0.2, 0.25) is 0 Å². The number of allylic oxidation sites excluding steroid dienone is 7. The molecule has 1 atom stereocenters. The zero-order chi connectivity index (χ0) is 14.1. The van der Waals surface area contributed by atoms with Crippen LogP contribution in [0.3, 0.4) is 0 Å². The van der Waals surface area contributed by atoms with Gasteiger partial charge in [0.05, 0.1) is 0 Å². The van der Waals surface area contributed by atoms with Gasteiger partial charge >= 0.3 is 0 Å². The SMILES string of the molecule is CC/C=C\c1c(C)ccc2c1C1=C(C=CC(C)C=C1)C2. The predicted molar refractivity (Wildman–Crippen MR) is 88.6 cm³/mol. The Balaban J connectivity index is 2.17. The third-order valence-corrected chi connectivity index (χ3v) is 4.23. The van der Waals surface area contributed by atoms with Gasteiger partial charge < -0.3 is 0 Å². The highest BCUT2D eigenvalue weighted by Crippen LogP contribution is 2.40. The maximum Gasteiger partial charge on any atom is -0.00133 e. The molecule has 0 heterocycles. The Morgan fingerprint density at radius 2 is 2.00 bits per heavy atom. The van der Waals surface area contributed by atoms with E-state index < -0.39 is 0 Å². The molecular weight excluding hydrogens is 240 g/mol. The van der Waals surface area contributed by atoms with Crippen molar-refractivity contribution >= 4 is 11.6 Å². The molecule has 102 valence electrons. The van der Waals surface area contributed by atoms with Gasteiger partial charge in [0.1, 0.15) is 0 Å². The first-order valence-electron chi connectivity index (χ1n) is 7.59. The van der Waals surface area contributed by atoms with E-state index in [1.54, 1.807) is 0 Å². The molecule has 0 bridgehead atoms. The Bertz CT molecular complexity index is 651. The molecule has 0 saturated heterocycles. The Morgan fingerprint density at radius 3 is 2.80 bits per heavy atom. The van der Waals surface area contributed by atoms with Crippen LogP contribution in [0, 0.1) is 12.8 Å². The zero-order valence-corrected chi connectivity index (χ0v) is 12.6. The molecule has 0 spiro atoms. The molecule has 20 heavy (non-hydrogen) atoms. The Morgan fingerprint density at radius 1 is 1.20 bits per heavy atom. The monoisotopic (exact) mass is 262 g/mol. The summed E-state index contributed by atoms with van der Waals surface area (Å²) in [6, 6.07) is 4.56. The summed E-state index contributed by atoms with van der Waals surface area (Å²) in [4.78, 5) is 0. The highest BCUT2D eigenvalue weighted by molar-refractivity contribution is 5.90. The summed E-state index contributed by atoms with van der Waals surface area (Å²) in [5.74, 6) is 0.531. The van der Waals surface area contributed by atoms with Crippen molar-refractivity contribution in [3.8, 4) is 0 Å². The number of fused-ring (bicyclic) bond motifs is 2. The molecule has 3 rings (SSSR count). The van der Waals surface area contributed by atoms with E-state index in [1.807, 2.05) is 0 Å². The summed E-state index contributed by atoms with van der Waals surface area (Å²) in [5.41, 5.74) is 8.61. The van der Waals surface area contributed by atoms with Crippen LogP contribution in [0.25, 0.3) is 11.6 Å². The van der Waals surface area contributed by atoms with Gasteiger partial charge in [-0.05, 0) is 59.1 Å². The van der Waals surface area contributed by atoms with Crippen LogP contribution in [-0.4, -0.2) is 0 Å². The maximum absolute atomic E-state index is 2.33. The minimum Gasteiger partial charge on any atom is -0.0842 e. The lowest BCUT2D eigenvalue weighted by Crippen LogP contribution is -1.93. The minimum absolute atomic E-state index is 0.531. The normalized spacial score (nSPS) is 20.4. The van der Waals surface area contributed by atoms with Crippen molar-refractivity contribution < 1.29 is 0 Å².